The number of nitrogens with one attached hydrogen (secondary N) is 1. The Balaban J connectivity index is 1.59. The highest BCUT2D eigenvalue weighted by molar-refractivity contribution is 5.76. The minimum Gasteiger partial charge on any atom is -0.388 e. The lowest BCUT2D eigenvalue weighted by molar-refractivity contribution is -0.141. The molecule has 4 atom stereocenters. The number of aromatic nitrogens is 2. The van der Waals surface area contributed by atoms with Crippen molar-refractivity contribution in [2.24, 2.45) is 0 Å². The monoisotopic (exact) mass is 459 g/mol. The van der Waals surface area contributed by atoms with Gasteiger partial charge in [0.05, 0.1) is 25.0 Å². The molecule has 0 bridgehead atoms. The average molecular weight is 459 g/mol. The number of carbonyl (C=O) groups is 1. The Morgan fingerprint density at radius 3 is 2.24 bits per heavy atom. The number of benzene rings is 2. The van der Waals surface area contributed by atoms with Crippen molar-refractivity contribution in [3.05, 3.63) is 77.7 Å². The first-order valence-electron chi connectivity index (χ1n) is 10.1. The lowest BCUT2D eigenvalue weighted by Crippen LogP contribution is -2.52. The van der Waals surface area contributed by atoms with Crippen molar-refractivity contribution in [2.45, 2.75) is 30.5 Å². The summed E-state index contributed by atoms with van der Waals surface area (Å²) in [4.78, 5) is 17.9. The molecule has 2 aromatic carbocycles. The van der Waals surface area contributed by atoms with E-state index in [-0.39, 0.29) is 12.4 Å². The number of halogens is 3. The lowest BCUT2D eigenvalue weighted by atomic mass is 9.91. The quantitative estimate of drug-likeness (QED) is 0.503. The van der Waals surface area contributed by atoms with Gasteiger partial charge in [0.25, 0.3) is 0 Å². The number of nitrogens with zero attached hydrogens (tertiary/aromatic N) is 2. The van der Waals surface area contributed by atoms with Gasteiger partial charge in [-0.05, 0) is 16.7 Å². The number of carbonyl (C=O) groups excluding carboxylic acids is 1. The van der Waals surface area contributed by atoms with Crippen LogP contribution in [0.25, 0.3) is 11.1 Å². The molecule has 1 aromatic heterocycles. The maximum absolute atomic E-state index is 13.0. The molecule has 1 saturated heterocycles. The van der Waals surface area contributed by atoms with Crippen molar-refractivity contribution in [3.63, 3.8) is 0 Å². The van der Waals surface area contributed by atoms with E-state index in [0.717, 1.165) is 23.6 Å². The molecule has 10 heteroatoms. The zero-order valence-corrected chi connectivity index (χ0v) is 17.1. The number of hydrogen-bond donors (Lipinski definition) is 3. The van der Waals surface area contributed by atoms with E-state index < -0.39 is 36.2 Å². The summed E-state index contributed by atoms with van der Waals surface area (Å²) in [6, 6.07) is 13.2. The van der Waals surface area contributed by atoms with Gasteiger partial charge in [-0.2, -0.15) is 13.2 Å². The van der Waals surface area contributed by atoms with Crippen LogP contribution in [0.1, 0.15) is 27.7 Å². The Morgan fingerprint density at radius 2 is 1.64 bits per heavy atom. The largest absolute Gasteiger partial charge is 0.434 e. The molecule has 4 rings (SSSR count). The molecular weight excluding hydrogens is 439 g/mol. The van der Waals surface area contributed by atoms with Crippen LogP contribution in [0, 0.1) is 0 Å². The number of aliphatic hydroxyl groups is 2. The summed E-state index contributed by atoms with van der Waals surface area (Å²) in [5.41, 5.74) is 1.79. The van der Waals surface area contributed by atoms with Crippen molar-refractivity contribution in [3.8, 4) is 11.1 Å². The molecule has 0 aliphatic carbocycles. The predicted molar refractivity (Wildman–Crippen MR) is 112 cm³/mol. The van der Waals surface area contributed by atoms with Crippen molar-refractivity contribution in [2.75, 3.05) is 11.9 Å². The van der Waals surface area contributed by atoms with E-state index in [1.54, 1.807) is 24.3 Å². The van der Waals surface area contributed by atoms with Crippen LogP contribution in [0.3, 0.4) is 0 Å². The maximum atomic E-state index is 13.0. The van der Waals surface area contributed by atoms with Gasteiger partial charge < -0.3 is 20.3 Å². The van der Waals surface area contributed by atoms with Crippen LogP contribution in [0.5, 0.6) is 0 Å². The molecule has 1 fully saturated rings. The van der Waals surface area contributed by atoms with Gasteiger partial charge in [0.15, 0.2) is 5.69 Å². The van der Waals surface area contributed by atoms with Crippen molar-refractivity contribution in [1.82, 2.24) is 9.97 Å². The van der Waals surface area contributed by atoms with E-state index in [0.29, 0.717) is 17.3 Å². The zero-order valence-electron chi connectivity index (χ0n) is 17.1. The van der Waals surface area contributed by atoms with Crippen molar-refractivity contribution < 1.29 is 32.9 Å². The van der Waals surface area contributed by atoms with Crippen molar-refractivity contribution in [1.29, 1.82) is 0 Å². The molecule has 0 spiro atoms. The first-order valence-corrected chi connectivity index (χ1v) is 10.1. The van der Waals surface area contributed by atoms with Gasteiger partial charge >= 0.3 is 6.18 Å². The SMILES string of the molecule is O=Cc1ccc(-c2ccc([C@H]3OC[C@H](O)[C@H](O)[C@H]3Nc3cncc(C(F)(F)F)n3)cc2)cc1. The third-order valence-electron chi connectivity index (χ3n) is 5.39. The van der Waals surface area contributed by atoms with Gasteiger partial charge in [0, 0.05) is 5.56 Å². The number of ether oxygens (including phenoxy) is 1. The minimum absolute atomic E-state index is 0.146. The molecule has 1 aliphatic rings. The molecular formula is C23H20F3N3O4. The number of alkyl halides is 3. The number of anilines is 1. The summed E-state index contributed by atoms with van der Waals surface area (Å²) >= 11 is 0. The van der Waals surface area contributed by atoms with Gasteiger partial charge in [0.1, 0.15) is 30.4 Å². The molecule has 0 saturated carbocycles. The van der Waals surface area contributed by atoms with E-state index in [4.69, 9.17) is 4.74 Å². The fourth-order valence-electron chi connectivity index (χ4n) is 3.65. The Labute approximate surface area is 186 Å². The highest BCUT2D eigenvalue weighted by atomic mass is 19.4. The first-order chi connectivity index (χ1) is 15.8. The first kappa shape index (κ1) is 22.8. The Kier molecular flexibility index (Phi) is 6.41. The van der Waals surface area contributed by atoms with Crippen LogP contribution in [-0.4, -0.2) is 51.3 Å². The van der Waals surface area contributed by atoms with Crippen LogP contribution in [-0.2, 0) is 10.9 Å². The number of aldehydes is 1. The summed E-state index contributed by atoms with van der Waals surface area (Å²) in [6.45, 7) is -0.146. The minimum atomic E-state index is -4.68. The summed E-state index contributed by atoms with van der Waals surface area (Å²) in [6.07, 6.45) is -5.53. The molecule has 2 heterocycles. The van der Waals surface area contributed by atoms with Crippen LogP contribution >= 0.6 is 0 Å². The summed E-state index contributed by atoms with van der Waals surface area (Å²) in [5, 5.41) is 23.3. The summed E-state index contributed by atoms with van der Waals surface area (Å²) < 4.78 is 44.7. The van der Waals surface area contributed by atoms with E-state index >= 15 is 0 Å². The molecule has 1 aliphatic heterocycles. The molecule has 7 nitrogen and oxygen atoms in total. The van der Waals surface area contributed by atoms with E-state index in [1.807, 2.05) is 24.3 Å². The smallest absolute Gasteiger partial charge is 0.388 e. The second-order valence-electron chi connectivity index (χ2n) is 7.63. The van der Waals surface area contributed by atoms with Gasteiger partial charge in [-0.25, -0.2) is 4.98 Å². The van der Waals surface area contributed by atoms with Gasteiger partial charge in [-0.3, -0.25) is 9.78 Å². The highest BCUT2D eigenvalue weighted by Gasteiger charge is 2.40. The molecule has 0 amide bonds. The van der Waals surface area contributed by atoms with E-state index in [1.165, 1.54) is 0 Å². The average Bonchev–Trinajstić information content (AvgIpc) is 2.82. The lowest BCUT2D eigenvalue weighted by Gasteiger charge is -2.39. The molecule has 172 valence electrons. The molecule has 0 unspecified atom stereocenters. The normalized spacial score (nSPS) is 23.2. The number of aliphatic hydroxyl groups excluding tert-OH is 2. The fourth-order valence-corrected chi connectivity index (χ4v) is 3.65. The Bertz CT molecular complexity index is 1110. The highest BCUT2D eigenvalue weighted by Crippen LogP contribution is 2.33. The standard InChI is InChI=1S/C23H20F3N3O4/c24-23(25,26)18-9-27-10-19(28-18)29-20-21(32)17(31)12-33-22(20)16-7-5-15(6-8-16)14-3-1-13(11-30)2-4-14/h1-11,17,20-22,31-32H,12H2,(H,28,29)/t17-,20+,21-,22+/m0/s1. The molecule has 0 radical (unpaired) electrons. The third-order valence-corrected chi connectivity index (χ3v) is 5.39. The predicted octanol–water partition coefficient (Wildman–Crippen LogP) is 3.25. The summed E-state index contributed by atoms with van der Waals surface area (Å²) in [5.74, 6) is -0.205. The molecule has 3 N–H and O–H groups in total. The fraction of sp³-hybridized carbons (Fsp3) is 0.261. The number of rotatable bonds is 5. The molecule has 3 aromatic rings. The van der Waals surface area contributed by atoms with Gasteiger partial charge in [-0.1, -0.05) is 48.5 Å². The van der Waals surface area contributed by atoms with Gasteiger partial charge in [-0.15, -0.1) is 0 Å². The van der Waals surface area contributed by atoms with Crippen LogP contribution in [0.4, 0.5) is 19.0 Å². The third kappa shape index (κ3) is 5.03. The topological polar surface area (TPSA) is 105 Å². The Morgan fingerprint density at radius 1 is 1.00 bits per heavy atom. The van der Waals surface area contributed by atoms with Gasteiger partial charge in [0.2, 0.25) is 0 Å². The van der Waals surface area contributed by atoms with Crippen LogP contribution in [0.15, 0.2) is 60.9 Å². The summed E-state index contributed by atoms with van der Waals surface area (Å²) in [7, 11) is 0. The second-order valence-corrected chi connectivity index (χ2v) is 7.63. The second kappa shape index (κ2) is 9.26. The maximum Gasteiger partial charge on any atom is 0.434 e. The molecule has 33 heavy (non-hydrogen) atoms. The number of hydrogen-bond acceptors (Lipinski definition) is 7. The van der Waals surface area contributed by atoms with E-state index in [2.05, 4.69) is 15.3 Å². The van der Waals surface area contributed by atoms with Crippen LogP contribution in [0.2, 0.25) is 0 Å². The Hall–Kier alpha value is -3.34. The van der Waals surface area contributed by atoms with E-state index in [9.17, 15) is 28.2 Å². The van der Waals surface area contributed by atoms with Crippen molar-refractivity contribution >= 4 is 12.1 Å². The zero-order chi connectivity index (χ0) is 23.6. The van der Waals surface area contributed by atoms with Crippen LogP contribution < -0.4 is 5.32 Å².